The number of carbonyl (C=O) groups is 1. The monoisotopic (exact) mass is 471 g/mol. The maximum absolute atomic E-state index is 12.8. The van der Waals surface area contributed by atoms with E-state index in [9.17, 15) is 4.79 Å². The van der Waals surface area contributed by atoms with Crippen LogP contribution in [0, 0.1) is 12.3 Å². The molecular formula is C27H29N5O3. The number of hydrogen-bond donors (Lipinski definition) is 2. The van der Waals surface area contributed by atoms with Gasteiger partial charge in [0.25, 0.3) is 0 Å². The average Bonchev–Trinajstić information content (AvgIpc) is 2.88. The third-order valence-corrected chi connectivity index (χ3v) is 5.95. The van der Waals surface area contributed by atoms with Crippen LogP contribution in [-0.4, -0.2) is 61.2 Å². The molecule has 0 unspecified atom stereocenters. The smallest absolute Gasteiger partial charge is 0.248 e. The van der Waals surface area contributed by atoms with Crippen LogP contribution in [0.25, 0.3) is 10.9 Å². The number of terminal acetylenes is 1. The van der Waals surface area contributed by atoms with Crippen LogP contribution in [-0.2, 0) is 9.53 Å². The number of amides is 1. The number of benzene rings is 2. The van der Waals surface area contributed by atoms with Gasteiger partial charge in [-0.2, -0.15) is 0 Å². The number of nitrogens with one attached hydrogen (secondary N) is 2. The summed E-state index contributed by atoms with van der Waals surface area (Å²) in [6.45, 7) is 3.48. The Labute approximate surface area is 205 Å². The van der Waals surface area contributed by atoms with Crippen LogP contribution in [0.1, 0.15) is 18.4 Å². The molecule has 35 heavy (non-hydrogen) atoms. The molecule has 3 aromatic rings. The SMILES string of the molecule is C#Cc1cccc(Nc2ncnc3cc(OC)c(NC(=O)C=C4CCN(CCOC)CC4)cc23)c1. The average molecular weight is 472 g/mol. The molecular weight excluding hydrogens is 442 g/mol. The van der Waals surface area contributed by atoms with E-state index in [1.165, 1.54) is 6.33 Å². The van der Waals surface area contributed by atoms with E-state index in [2.05, 4.69) is 31.4 Å². The molecule has 1 saturated heterocycles. The summed E-state index contributed by atoms with van der Waals surface area (Å²) >= 11 is 0. The quantitative estimate of drug-likeness (QED) is 0.380. The number of rotatable bonds is 8. The van der Waals surface area contributed by atoms with E-state index >= 15 is 0 Å². The number of ether oxygens (including phenoxy) is 2. The maximum atomic E-state index is 12.8. The summed E-state index contributed by atoms with van der Waals surface area (Å²) in [5.74, 6) is 3.57. The summed E-state index contributed by atoms with van der Waals surface area (Å²) in [7, 11) is 3.28. The van der Waals surface area contributed by atoms with Crippen molar-refractivity contribution in [1.82, 2.24) is 14.9 Å². The minimum Gasteiger partial charge on any atom is -0.494 e. The lowest BCUT2D eigenvalue weighted by molar-refractivity contribution is -0.112. The Balaban J connectivity index is 1.54. The van der Waals surface area contributed by atoms with Crippen molar-refractivity contribution in [3.8, 4) is 18.1 Å². The molecule has 1 aliphatic heterocycles. The van der Waals surface area contributed by atoms with Crippen molar-refractivity contribution in [1.29, 1.82) is 0 Å². The molecule has 1 amide bonds. The third-order valence-electron chi connectivity index (χ3n) is 5.95. The highest BCUT2D eigenvalue weighted by Gasteiger charge is 2.16. The molecule has 0 aliphatic carbocycles. The van der Waals surface area contributed by atoms with E-state index in [0.29, 0.717) is 22.8 Å². The first-order chi connectivity index (χ1) is 17.1. The Kier molecular flexibility index (Phi) is 7.93. The Morgan fingerprint density at radius 1 is 1.20 bits per heavy atom. The van der Waals surface area contributed by atoms with Crippen molar-refractivity contribution in [2.24, 2.45) is 0 Å². The highest BCUT2D eigenvalue weighted by molar-refractivity contribution is 6.04. The van der Waals surface area contributed by atoms with Crippen molar-refractivity contribution >= 4 is 34.0 Å². The van der Waals surface area contributed by atoms with Gasteiger partial charge in [-0.1, -0.05) is 17.6 Å². The molecule has 0 atom stereocenters. The summed E-state index contributed by atoms with van der Waals surface area (Å²) in [5.41, 5.74) is 3.95. The summed E-state index contributed by atoms with van der Waals surface area (Å²) in [4.78, 5) is 24.0. The minimum atomic E-state index is -0.184. The van der Waals surface area contributed by atoms with Gasteiger partial charge in [0, 0.05) is 55.5 Å². The second-order valence-corrected chi connectivity index (χ2v) is 8.27. The summed E-state index contributed by atoms with van der Waals surface area (Å²) in [6.07, 6.45) is 10.4. The van der Waals surface area contributed by atoms with Crippen LogP contribution < -0.4 is 15.4 Å². The molecule has 1 aromatic heterocycles. The molecule has 0 saturated carbocycles. The fraction of sp³-hybridized carbons (Fsp3) is 0.296. The standard InChI is InChI=1S/C27H29N5O3/c1-4-19-6-5-7-21(14-19)30-27-22-16-24(25(35-3)17-23(22)28-18-29-27)31-26(33)15-20-8-10-32(11-9-20)12-13-34-2/h1,5-7,14-18H,8-13H2,2-3H3,(H,31,33)(H,28,29,30). The van der Waals surface area contributed by atoms with Crippen LogP contribution in [0.5, 0.6) is 5.75 Å². The summed E-state index contributed by atoms with van der Waals surface area (Å²) in [6, 6.07) is 11.1. The van der Waals surface area contributed by atoms with Gasteiger partial charge in [0.15, 0.2) is 0 Å². The van der Waals surface area contributed by atoms with E-state index in [0.717, 1.165) is 61.3 Å². The van der Waals surface area contributed by atoms with Crippen molar-refractivity contribution in [2.75, 3.05) is 51.1 Å². The Morgan fingerprint density at radius 3 is 2.77 bits per heavy atom. The first-order valence-electron chi connectivity index (χ1n) is 11.5. The highest BCUT2D eigenvalue weighted by Crippen LogP contribution is 2.33. The predicted octanol–water partition coefficient (Wildman–Crippen LogP) is 3.97. The maximum Gasteiger partial charge on any atom is 0.248 e. The van der Waals surface area contributed by atoms with E-state index in [-0.39, 0.29) is 5.91 Å². The lowest BCUT2D eigenvalue weighted by Gasteiger charge is -2.27. The molecule has 8 heteroatoms. The normalized spacial score (nSPS) is 13.8. The molecule has 180 valence electrons. The van der Waals surface area contributed by atoms with Gasteiger partial charge in [-0.25, -0.2) is 9.97 Å². The van der Waals surface area contributed by atoms with E-state index in [1.807, 2.05) is 30.3 Å². The lowest BCUT2D eigenvalue weighted by Crippen LogP contribution is -2.33. The van der Waals surface area contributed by atoms with Crippen LogP contribution in [0.15, 0.2) is 54.4 Å². The van der Waals surface area contributed by atoms with Crippen molar-refractivity contribution in [3.63, 3.8) is 0 Å². The number of piperidine rings is 1. The van der Waals surface area contributed by atoms with Gasteiger partial charge in [0.05, 0.1) is 24.9 Å². The zero-order valence-corrected chi connectivity index (χ0v) is 20.0. The van der Waals surface area contributed by atoms with Gasteiger partial charge in [0.2, 0.25) is 5.91 Å². The number of nitrogens with zero attached hydrogens (tertiary/aromatic N) is 3. The molecule has 2 N–H and O–H groups in total. The number of methoxy groups -OCH3 is 2. The highest BCUT2D eigenvalue weighted by atomic mass is 16.5. The zero-order chi connectivity index (χ0) is 24.6. The number of likely N-dealkylation sites (tertiary alicyclic amines) is 1. The Hall–Kier alpha value is -3.93. The van der Waals surface area contributed by atoms with Crippen LogP contribution in [0.3, 0.4) is 0 Å². The molecule has 0 bridgehead atoms. The van der Waals surface area contributed by atoms with E-state index < -0.39 is 0 Å². The third kappa shape index (κ3) is 6.15. The molecule has 1 fully saturated rings. The summed E-state index contributed by atoms with van der Waals surface area (Å²) in [5, 5.41) is 7.01. The van der Waals surface area contributed by atoms with Gasteiger partial charge in [-0.15, -0.1) is 6.42 Å². The van der Waals surface area contributed by atoms with Crippen LogP contribution >= 0.6 is 0 Å². The second-order valence-electron chi connectivity index (χ2n) is 8.27. The van der Waals surface area contributed by atoms with Gasteiger partial charge in [-0.05, 0) is 37.1 Å². The topological polar surface area (TPSA) is 88.6 Å². The van der Waals surface area contributed by atoms with E-state index in [1.54, 1.807) is 26.4 Å². The number of hydrogen-bond acceptors (Lipinski definition) is 7. The molecule has 2 heterocycles. The molecule has 2 aromatic carbocycles. The van der Waals surface area contributed by atoms with Gasteiger partial charge < -0.3 is 25.0 Å². The molecule has 0 spiro atoms. The lowest BCUT2D eigenvalue weighted by atomic mass is 10.0. The zero-order valence-electron chi connectivity index (χ0n) is 20.0. The first kappa shape index (κ1) is 24.2. The number of anilines is 3. The van der Waals surface area contributed by atoms with E-state index in [4.69, 9.17) is 15.9 Å². The fourth-order valence-electron chi connectivity index (χ4n) is 4.06. The molecule has 4 rings (SSSR count). The summed E-state index contributed by atoms with van der Waals surface area (Å²) < 4.78 is 10.7. The molecule has 1 aliphatic rings. The Morgan fingerprint density at radius 2 is 2.03 bits per heavy atom. The van der Waals surface area contributed by atoms with Crippen LogP contribution in [0.2, 0.25) is 0 Å². The second kappa shape index (κ2) is 11.5. The van der Waals surface area contributed by atoms with Gasteiger partial charge in [-0.3, -0.25) is 4.79 Å². The first-order valence-corrected chi connectivity index (χ1v) is 11.5. The number of carbonyl (C=O) groups excluding carboxylic acids is 1. The fourth-order valence-corrected chi connectivity index (χ4v) is 4.06. The largest absolute Gasteiger partial charge is 0.494 e. The molecule has 0 radical (unpaired) electrons. The predicted molar refractivity (Wildman–Crippen MR) is 138 cm³/mol. The van der Waals surface area contributed by atoms with Crippen LogP contribution in [0.4, 0.5) is 17.2 Å². The van der Waals surface area contributed by atoms with Crippen molar-refractivity contribution in [2.45, 2.75) is 12.8 Å². The Bertz CT molecular complexity index is 1270. The number of aromatic nitrogens is 2. The van der Waals surface area contributed by atoms with Gasteiger partial charge in [0.1, 0.15) is 17.9 Å². The van der Waals surface area contributed by atoms with Crippen molar-refractivity contribution < 1.29 is 14.3 Å². The van der Waals surface area contributed by atoms with Gasteiger partial charge >= 0.3 is 0 Å². The molecule has 8 nitrogen and oxygen atoms in total. The number of fused-ring (bicyclic) bond motifs is 1. The minimum absolute atomic E-state index is 0.184. The van der Waals surface area contributed by atoms with Crippen molar-refractivity contribution in [3.05, 3.63) is 59.9 Å².